The van der Waals surface area contributed by atoms with Gasteiger partial charge in [-0.15, -0.1) is 0 Å². The molecule has 0 bridgehead atoms. The molecule has 0 spiro atoms. The molecule has 0 unspecified atom stereocenters. The standard InChI is InChI=1S/C21H40N2O/c1-2-3-4-5-6-7-8-9-10-11-12-13-14-15-16-21-22-17-18-23(21)19-20-24/h7-8,24H,2-6,9-20H2,1H3/b8-7+. The van der Waals surface area contributed by atoms with Gasteiger partial charge in [-0.05, 0) is 32.1 Å². The molecule has 140 valence electrons. The number of rotatable bonds is 16. The van der Waals surface area contributed by atoms with Crippen LogP contribution in [0.2, 0.25) is 0 Å². The van der Waals surface area contributed by atoms with E-state index in [2.05, 4.69) is 29.0 Å². The summed E-state index contributed by atoms with van der Waals surface area (Å²) in [7, 11) is 0. The van der Waals surface area contributed by atoms with Crippen molar-refractivity contribution in [1.82, 2.24) is 4.90 Å². The van der Waals surface area contributed by atoms with Crippen LogP contribution in [0.25, 0.3) is 0 Å². The molecule has 0 aromatic carbocycles. The fourth-order valence-electron chi connectivity index (χ4n) is 3.30. The SMILES string of the molecule is CCCCCC/C=C/CCCCCCCCC1=NCCN1CCO. The topological polar surface area (TPSA) is 35.8 Å². The third-order valence-corrected chi connectivity index (χ3v) is 4.81. The van der Waals surface area contributed by atoms with E-state index in [0.717, 1.165) is 26.1 Å². The molecular weight excluding hydrogens is 296 g/mol. The quantitative estimate of drug-likeness (QED) is 0.305. The normalized spacial score (nSPS) is 14.8. The Morgan fingerprint density at radius 2 is 1.54 bits per heavy atom. The zero-order valence-electron chi connectivity index (χ0n) is 16.0. The van der Waals surface area contributed by atoms with Gasteiger partial charge in [-0.3, -0.25) is 4.99 Å². The summed E-state index contributed by atoms with van der Waals surface area (Å²) in [4.78, 5) is 6.80. The molecular formula is C21H40N2O. The summed E-state index contributed by atoms with van der Waals surface area (Å²) in [5.41, 5.74) is 0. The van der Waals surface area contributed by atoms with E-state index in [-0.39, 0.29) is 6.61 Å². The van der Waals surface area contributed by atoms with Crippen LogP contribution in [0, 0.1) is 0 Å². The van der Waals surface area contributed by atoms with Crippen molar-refractivity contribution < 1.29 is 5.11 Å². The lowest BCUT2D eigenvalue weighted by molar-refractivity contribution is 0.255. The Hall–Kier alpha value is -0.830. The summed E-state index contributed by atoms with van der Waals surface area (Å²) in [6.45, 7) is 5.19. The Bertz CT molecular complexity index is 339. The summed E-state index contributed by atoms with van der Waals surface area (Å²) in [5.74, 6) is 1.23. The molecule has 1 aliphatic heterocycles. The van der Waals surface area contributed by atoms with Gasteiger partial charge in [0.05, 0.1) is 19.0 Å². The molecule has 0 fully saturated rings. The van der Waals surface area contributed by atoms with E-state index in [9.17, 15) is 0 Å². The van der Waals surface area contributed by atoms with Gasteiger partial charge in [-0.25, -0.2) is 0 Å². The van der Waals surface area contributed by atoms with Gasteiger partial charge in [0.15, 0.2) is 0 Å². The van der Waals surface area contributed by atoms with Crippen molar-refractivity contribution in [2.24, 2.45) is 4.99 Å². The second-order valence-electron chi connectivity index (χ2n) is 6.99. The van der Waals surface area contributed by atoms with Crippen molar-refractivity contribution in [3.05, 3.63) is 12.2 Å². The van der Waals surface area contributed by atoms with Crippen molar-refractivity contribution >= 4 is 5.84 Å². The van der Waals surface area contributed by atoms with Crippen molar-refractivity contribution in [1.29, 1.82) is 0 Å². The van der Waals surface area contributed by atoms with Gasteiger partial charge in [-0.1, -0.05) is 64.0 Å². The minimum absolute atomic E-state index is 0.242. The number of allylic oxidation sites excluding steroid dienone is 2. The first-order valence-corrected chi connectivity index (χ1v) is 10.4. The van der Waals surface area contributed by atoms with Gasteiger partial charge in [0.2, 0.25) is 0 Å². The zero-order chi connectivity index (χ0) is 17.3. The van der Waals surface area contributed by atoms with Crippen LogP contribution in [0.4, 0.5) is 0 Å². The number of hydrogen-bond donors (Lipinski definition) is 1. The largest absolute Gasteiger partial charge is 0.395 e. The molecule has 0 aliphatic carbocycles. The molecule has 1 N–H and O–H groups in total. The summed E-state index contributed by atoms with van der Waals surface area (Å²) in [6, 6.07) is 0. The summed E-state index contributed by atoms with van der Waals surface area (Å²) in [6.07, 6.45) is 21.9. The van der Waals surface area contributed by atoms with Crippen molar-refractivity contribution in [3.63, 3.8) is 0 Å². The number of nitrogens with zero attached hydrogens (tertiary/aromatic N) is 2. The third kappa shape index (κ3) is 10.9. The van der Waals surface area contributed by atoms with E-state index >= 15 is 0 Å². The Labute approximate surface area is 150 Å². The number of aliphatic hydroxyl groups is 1. The predicted octanol–water partition coefficient (Wildman–Crippen LogP) is 5.34. The van der Waals surface area contributed by atoms with Crippen LogP contribution in [0.15, 0.2) is 17.1 Å². The molecule has 0 aromatic rings. The van der Waals surface area contributed by atoms with Gasteiger partial charge < -0.3 is 10.0 Å². The second kappa shape index (κ2) is 15.7. The monoisotopic (exact) mass is 336 g/mol. The van der Waals surface area contributed by atoms with E-state index in [1.165, 1.54) is 82.9 Å². The fraction of sp³-hybridized carbons (Fsp3) is 0.857. The lowest BCUT2D eigenvalue weighted by Gasteiger charge is -2.18. The van der Waals surface area contributed by atoms with Gasteiger partial charge in [-0.2, -0.15) is 0 Å². The van der Waals surface area contributed by atoms with Crippen molar-refractivity contribution in [3.8, 4) is 0 Å². The molecule has 1 aliphatic rings. The molecule has 3 nitrogen and oxygen atoms in total. The molecule has 1 heterocycles. The first kappa shape index (κ1) is 21.2. The molecule has 3 heteroatoms. The van der Waals surface area contributed by atoms with Crippen LogP contribution in [-0.4, -0.2) is 42.1 Å². The first-order valence-electron chi connectivity index (χ1n) is 10.4. The Morgan fingerprint density at radius 3 is 2.21 bits per heavy atom. The Morgan fingerprint density at radius 1 is 0.917 bits per heavy atom. The highest BCUT2D eigenvalue weighted by atomic mass is 16.3. The highest BCUT2D eigenvalue weighted by Crippen LogP contribution is 2.13. The molecule has 0 saturated heterocycles. The predicted molar refractivity (Wildman–Crippen MR) is 106 cm³/mol. The second-order valence-corrected chi connectivity index (χ2v) is 6.99. The summed E-state index contributed by atoms with van der Waals surface area (Å²) >= 11 is 0. The van der Waals surface area contributed by atoms with Gasteiger partial charge in [0.25, 0.3) is 0 Å². The smallest absolute Gasteiger partial charge is 0.0991 e. The molecule has 0 radical (unpaired) electrons. The molecule has 0 atom stereocenters. The molecule has 1 rings (SSSR count). The van der Waals surface area contributed by atoms with Gasteiger partial charge in [0.1, 0.15) is 0 Å². The fourth-order valence-corrected chi connectivity index (χ4v) is 3.30. The molecule has 0 amide bonds. The number of aliphatic imine (C=N–C) groups is 1. The van der Waals surface area contributed by atoms with Crippen LogP contribution in [0.1, 0.15) is 90.4 Å². The maximum Gasteiger partial charge on any atom is 0.0991 e. The van der Waals surface area contributed by atoms with Crippen molar-refractivity contribution in [2.75, 3.05) is 26.2 Å². The lowest BCUT2D eigenvalue weighted by atomic mass is 10.1. The van der Waals surface area contributed by atoms with Crippen LogP contribution in [0.5, 0.6) is 0 Å². The minimum Gasteiger partial charge on any atom is -0.395 e. The lowest BCUT2D eigenvalue weighted by Crippen LogP contribution is -2.30. The van der Waals surface area contributed by atoms with E-state index in [1.54, 1.807) is 0 Å². The zero-order valence-corrected chi connectivity index (χ0v) is 16.0. The highest BCUT2D eigenvalue weighted by Gasteiger charge is 2.14. The number of unbranched alkanes of at least 4 members (excludes halogenated alkanes) is 10. The first-order chi connectivity index (χ1) is 11.9. The van der Waals surface area contributed by atoms with Crippen LogP contribution in [0.3, 0.4) is 0 Å². The van der Waals surface area contributed by atoms with Crippen LogP contribution < -0.4 is 0 Å². The number of β-amino-alcohol motifs (C(OH)–C–C–N with tert-alkyl or cyclic N) is 1. The van der Waals surface area contributed by atoms with Gasteiger partial charge >= 0.3 is 0 Å². The molecule has 0 saturated carbocycles. The summed E-state index contributed by atoms with van der Waals surface area (Å²) in [5, 5.41) is 9.04. The average molecular weight is 337 g/mol. The van der Waals surface area contributed by atoms with Crippen LogP contribution >= 0.6 is 0 Å². The Kier molecular flexibility index (Phi) is 13.9. The number of aliphatic hydroxyl groups excluding tert-OH is 1. The van der Waals surface area contributed by atoms with E-state index < -0.39 is 0 Å². The molecule has 24 heavy (non-hydrogen) atoms. The molecule has 0 aromatic heterocycles. The van der Waals surface area contributed by atoms with E-state index in [4.69, 9.17) is 5.11 Å². The minimum atomic E-state index is 0.242. The number of hydrogen-bond acceptors (Lipinski definition) is 3. The third-order valence-electron chi connectivity index (χ3n) is 4.81. The van der Waals surface area contributed by atoms with Gasteiger partial charge in [0, 0.05) is 19.5 Å². The highest BCUT2D eigenvalue weighted by molar-refractivity contribution is 5.83. The summed E-state index contributed by atoms with van der Waals surface area (Å²) < 4.78 is 0. The van der Waals surface area contributed by atoms with Crippen LogP contribution in [-0.2, 0) is 0 Å². The maximum absolute atomic E-state index is 9.04. The Balaban J connectivity index is 1.83. The average Bonchev–Trinajstić information content (AvgIpc) is 3.03. The van der Waals surface area contributed by atoms with Crippen molar-refractivity contribution in [2.45, 2.75) is 90.4 Å². The maximum atomic E-state index is 9.04. The van der Waals surface area contributed by atoms with E-state index in [0.29, 0.717) is 0 Å². The number of amidine groups is 1. The van der Waals surface area contributed by atoms with E-state index in [1.807, 2.05) is 0 Å².